The SMILES string of the molecule is CCC(NC(=O)c1cn[nH]c1)c1nc(C)c(C)s1. The zero-order chi connectivity index (χ0) is 13.1. The van der Waals surface area contributed by atoms with E-state index in [4.69, 9.17) is 0 Å². The number of aromatic amines is 1. The van der Waals surface area contributed by atoms with Crippen molar-refractivity contribution in [2.24, 2.45) is 0 Å². The van der Waals surface area contributed by atoms with E-state index in [2.05, 4.69) is 20.5 Å². The Morgan fingerprint density at radius 3 is 2.83 bits per heavy atom. The molecule has 0 aromatic carbocycles. The Kier molecular flexibility index (Phi) is 3.76. The number of nitrogens with zero attached hydrogens (tertiary/aromatic N) is 2. The number of hydrogen-bond donors (Lipinski definition) is 2. The average Bonchev–Trinajstić information content (AvgIpc) is 2.97. The summed E-state index contributed by atoms with van der Waals surface area (Å²) in [5.41, 5.74) is 1.57. The second-order valence-corrected chi connectivity index (χ2v) is 5.35. The van der Waals surface area contributed by atoms with Crippen molar-refractivity contribution in [3.05, 3.63) is 33.5 Å². The lowest BCUT2D eigenvalue weighted by atomic mass is 10.2. The van der Waals surface area contributed by atoms with E-state index < -0.39 is 0 Å². The third-order valence-electron chi connectivity index (χ3n) is 2.82. The maximum Gasteiger partial charge on any atom is 0.255 e. The van der Waals surface area contributed by atoms with E-state index in [9.17, 15) is 4.79 Å². The van der Waals surface area contributed by atoms with Crippen molar-refractivity contribution >= 4 is 17.2 Å². The molecule has 0 spiro atoms. The Balaban J connectivity index is 2.12. The zero-order valence-corrected chi connectivity index (χ0v) is 11.5. The molecule has 2 aromatic rings. The summed E-state index contributed by atoms with van der Waals surface area (Å²) in [5, 5.41) is 10.3. The van der Waals surface area contributed by atoms with E-state index in [0.29, 0.717) is 5.56 Å². The standard InChI is InChI=1S/C12H16N4OS/c1-4-10(12-15-7(2)8(3)18-12)16-11(17)9-5-13-14-6-9/h5-6,10H,4H2,1-3H3,(H,13,14)(H,16,17). The van der Waals surface area contributed by atoms with Gasteiger partial charge in [-0.3, -0.25) is 9.89 Å². The second kappa shape index (κ2) is 5.30. The van der Waals surface area contributed by atoms with Gasteiger partial charge in [-0.15, -0.1) is 11.3 Å². The molecule has 0 radical (unpaired) electrons. The molecule has 0 fully saturated rings. The molecule has 0 saturated carbocycles. The monoisotopic (exact) mass is 264 g/mol. The van der Waals surface area contributed by atoms with Crippen LogP contribution in [-0.2, 0) is 0 Å². The lowest BCUT2D eigenvalue weighted by molar-refractivity contribution is 0.0935. The van der Waals surface area contributed by atoms with E-state index in [1.807, 2.05) is 20.8 Å². The van der Waals surface area contributed by atoms with Crippen molar-refractivity contribution < 1.29 is 4.79 Å². The van der Waals surface area contributed by atoms with Gasteiger partial charge in [-0.25, -0.2) is 4.98 Å². The van der Waals surface area contributed by atoms with Crippen LogP contribution in [0.4, 0.5) is 0 Å². The van der Waals surface area contributed by atoms with Crippen LogP contribution in [0.1, 0.15) is 45.3 Å². The van der Waals surface area contributed by atoms with Gasteiger partial charge < -0.3 is 5.32 Å². The lowest BCUT2D eigenvalue weighted by Crippen LogP contribution is -2.27. The highest BCUT2D eigenvalue weighted by atomic mass is 32.1. The van der Waals surface area contributed by atoms with Crippen LogP contribution in [-0.4, -0.2) is 21.1 Å². The highest BCUT2D eigenvalue weighted by Gasteiger charge is 2.18. The normalized spacial score (nSPS) is 12.4. The molecule has 96 valence electrons. The van der Waals surface area contributed by atoms with E-state index in [1.165, 1.54) is 11.1 Å². The van der Waals surface area contributed by atoms with Gasteiger partial charge in [0, 0.05) is 11.1 Å². The maximum atomic E-state index is 11.9. The molecular formula is C12H16N4OS. The average molecular weight is 264 g/mol. The zero-order valence-electron chi connectivity index (χ0n) is 10.7. The number of aryl methyl sites for hydroxylation is 2. The maximum absolute atomic E-state index is 11.9. The lowest BCUT2D eigenvalue weighted by Gasteiger charge is -2.13. The van der Waals surface area contributed by atoms with Crippen molar-refractivity contribution in [3.63, 3.8) is 0 Å². The first-order valence-electron chi connectivity index (χ1n) is 5.85. The second-order valence-electron chi connectivity index (χ2n) is 4.11. The molecule has 1 atom stereocenters. The van der Waals surface area contributed by atoms with Crippen molar-refractivity contribution in [2.75, 3.05) is 0 Å². The molecule has 0 aliphatic rings. The molecule has 0 saturated heterocycles. The van der Waals surface area contributed by atoms with E-state index >= 15 is 0 Å². The van der Waals surface area contributed by atoms with Crippen LogP contribution in [0.5, 0.6) is 0 Å². The third kappa shape index (κ3) is 2.59. The Labute approximate surface area is 110 Å². The molecule has 18 heavy (non-hydrogen) atoms. The molecule has 2 heterocycles. The minimum Gasteiger partial charge on any atom is -0.343 e. The number of aromatic nitrogens is 3. The summed E-state index contributed by atoms with van der Waals surface area (Å²) in [6, 6.07) is -0.0372. The molecule has 2 N–H and O–H groups in total. The molecule has 2 rings (SSSR count). The molecule has 2 aromatic heterocycles. The number of H-pyrrole nitrogens is 1. The van der Waals surface area contributed by atoms with Crippen LogP contribution < -0.4 is 5.32 Å². The van der Waals surface area contributed by atoms with Gasteiger partial charge in [-0.2, -0.15) is 5.10 Å². The summed E-state index contributed by atoms with van der Waals surface area (Å²) in [7, 11) is 0. The summed E-state index contributed by atoms with van der Waals surface area (Å²) >= 11 is 1.64. The molecule has 5 nitrogen and oxygen atoms in total. The Morgan fingerprint density at radius 2 is 2.33 bits per heavy atom. The first-order chi connectivity index (χ1) is 8.61. The van der Waals surface area contributed by atoms with Crippen LogP contribution in [0.3, 0.4) is 0 Å². The van der Waals surface area contributed by atoms with E-state index in [-0.39, 0.29) is 11.9 Å². The van der Waals surface area contributed by atoms with Crippen molar-refractivity contribution in [1.82, 2.24) is 20.5 Å². The minimum atomic E-state index is -0.124. The van der Waals surface area contributed by atoms with Crippen LogP contribution in [0.15, 0.2) is 12.4 Å². The van der Waals surface area contributed by atoms with Crippen LogP contribution in [0.2, 0.25) is 0 Å². The molecule has 0 aliphatic carbocycles. The molecule has 6 heteroatoms. The molecule has 0 aliphatic heterocycles. The fourth-order valence-electron chi connectivity index (χ4n) is 1.60. The number of carbonyl (C=O) groups is 1. The minimum absolute atomic E-state index is 0.0372. The van der Waals surface area contributed by atoms with E-state index in [1.54, 1.807) is 17.5 Å². The number of thiazole rings is 1. The Morgan fingerprint density at radius 1 is 1.56 bits per heavy atom. The van der Waals surface area contributed by atoms with Gasteiger partial charge >= 0.3 is 0 Å². The summed E-state index contributed by atoms with van der Waals surface area (Å²) in [4.78, 5) is 17.6. The molecular weight excluding hydrogens is 248 g/mol. The Hall–Kier alpha value is -1.69. The highest BCUT2D eigenvalue weighted by Crippen LogP contribution is 2.25. The fraction of sp³-hybridized carbons (Fsp3) is 0.417. The predicted molar refractivity (Wildman–Crippen MR) is 70.7 cm³/mol. The number of carbonyl (C=O) groups excluding carboxylic acids is 1. The van der Waals surface area contributed by atoms with Crippen LogP contribution >= 0.6 is 11.3 Å². The third-order valence-corrected chi connectivity index (χ3v) is 4.00. The Bertz CT molecular complexity index is 513. The van der Waals surface area contributed by atoms with Crippen molar-refractivity contribution in [3.8, 4) is 0 Å². The number of hydrogen-bond acceptors (Lipinski definition) is 4. The quantitative estimate of drug-likeness (QED) is 0.890. The highest BCUT2D eigenvalue weighted by molar-refractivity contribution is 7.11. The van der Waals surface area contributed by atoms with Gasteiger partial charge in [0.05, 0.1) is 23.5 Å². The number of nitrogens with one attached hydrogen (secondary N) is 2. The molecule has 0 bridgehead atoms. The van der Waals surface area contributed by atoms with Gasteiger partial charge in [-0.05, 0) is 20.3 Å². The predicted octanol–water partition coefficient (Wildman–Crippen LogP) is 2.36. The summed E-state index contributed by atoms with van der Waals surface area (Å²) in [5.74, 6) is -0.124. The van der Waals surface area contributed by atoms with Gasteiger partial charge in [0.1, 0.15) is 5.01 Å². The largest absolute Gasteiger partial charge is 0.343 e. The van der Waals surface area contributed by atoms with Gasteiger partial charge in [-0.1, -0.05) is 6.92 Å². The van der Waals surface area contributed by atoms with Crippen molar-refractivity contribution in [2.45, 2.75) is 33.2 Å². The summed E-state index contributed by atoms with van der Waals surface area (Å²) < 4.78 is 0. The van der Waals surface area contributed by atoms with Gasteiger partial charge in [0.15, 0.2) is 0 Å². The van der Waals surface area contributed by atoms with Crippen molar-refractivity contribution in [1.29, 1.82) is 0 Å². The first kappa shape index (κ1) is 12.8. The summed E-state index contributed by atoms with van der Waals surface area (Å²) in [6.45, 7) is 6.06. The summed E-state index contributed by atoms with van der Waals surface area (Å²) in [6.07, 6.45) is 3.91. The topological polar surface area (TPSA) is 70.7 Å². The first-order valence-corrected chi connectivity index (χ1v) is 6.67. The van der Waals surface area contributed by atoms with Crippen LogP contribution in [0, 0.1) is 13.8 Å². The molecule has 1 amide bonds. The molecule has 1 unspecified atom stereocenters. The van der Waals surface area contributed by atoms with Gasteiger partial charge in [0.2, 0.25) is 0 Å². The number of amides is 1. The number of rotatable bonds is 4. The fourth-order valence-corrected chi connectivity index (χ4v) is 2.66. The van der Waals surface area contributed by atoms with Crippen LogP contribution in [0.25, 0.3) is 0 Å². The van der Waals surface area contributed by atoms with Gasteiger partial charge in [0.25, 0.3) is 5.91 Å². The van der Waals surface area contributed by atoms with E-state index in [0.717, 1.165) is 17.1 Å². The smallest absolute Gasteiger partial charge is 0.255 e.